The van der Waals surface area contributed by atoms with Crippen molar-refractivity contribution < 1.29 is 4.39 Å². The number of likely N-dealkylation sites (N-methyl/N-ethyl adjacent to an activating group) is 1. The lowest BCUT2D eigenvalue weighted by Crippen LogP contribution is -2.39. The van der Waals surface area contributed by atoms with Crippen LogP contribution in [0.3, 0.4) is 0 Å². The summed E-state index contributed by atoms with van der Waals surface area (Å²) >= 11 is 0. The van der Waals surface area contributed by atoms with E-state index in [4.69, 9.17) is 4.99 Å². The smallest absolute Gasteiger partial charge is 0.191 e. The van der Waals surface area contributed by atoms with E-state index in [-0.39, 0.29) is 11.9 Å². The molecule has 2 N–H and O–H groups in total. The number of guanidine groups is 1. The fourth-order valence-corrected chi connectivity index (χ4v) is 2.83. The van der Waals surface area contributed by atoms with Crippen molar-refractivity contribution in [2.75, 3.05) is 33.7 Å². The van der Waals surface area contributed by atoms with Crippen LogP contribution in [-0.2, 0) is 13.0 Å². The van der Waals surface area contributed by atoms with E-state index < -0.39 is 0 Å². The number of aromatic nitrogens is 3. The number of nitrogens with zero attached hydrogens (tertiary/aromatic N) is 5. The first-order valence-electron chi connectivity index (χ1n) is 9.35. The summed E-state index contributed by atoms with van der Waals surface area (Å²) in [4.78, 5) is 6.74. The van der Waals surface area contributed by atoms with E-state index in [0.29, 0.717) is 13.1 Å². The van der Waals surface area contributed by atoms with Gasteiger partial charge in [0.05, 0.1) is 12.6 Å². The molecule has 27 heavy (non-hydrogen) atoms. The Morgan fingerprint density at radius 1 is 1.30 bits per heavy atom. The Kier molecular flexibility index (Phi) is 8.19. The van der Waals surface area contributed by atoms with Crippen LogP contribution in [0.5, 0.6) is 0 Å². The predicted molar refractivity (Wildman–Crippen MR) is 106 cm³/mol. The Labute approximate surface area is 160 Å². The molecule has 0 saturated carbocycles. The Morgan fingerprint density at radius 2 is 2.11 bits per heavy atom. The van der Waals surface area contributed by atoms with E-state index in [1.807, 2.05) is 36.6 Å². The van der Waals surface area contributed by atoms with Gasteiger partial charge in [0.25, 0.3) is 0 Å². The number of rotatable bonds is 9. The number of aliphatic imine (C=N–C) groups is 1. The van der Waals surface area contributed by atoms with Gasteiger partial charge in [0.1, 0.15) is 18.0 Å². The highest BCUT2D eigenvalue weighted by Crippen LogP contribution is 2.19. The van der Waals surface area contributed by atoms with Crippen molar-refractivity contribution in [1.82, 2.24) is 30.3 Å². The maximum absolute atomic E-state index is 13.6. The second kappa shape index (κ2) is 10.6. The van der Waals surface area contributed by atoms with Crippen LogP contribution in [0.4, 0.5) is 4.39 Å². The van der Waals surface area contributed by atoms with Crippen LogP contribution < -0.4 is 10.6 Å². The van der Waals surface area contributed by atoms with E-state index >= 15 is 0 Å². The molecule has 0 aliphatic rings. The molecule has 0 fully saturated rings. The number of aryl methyl sites for hydroxylation is 1. The van der Waals surface area contributed by atoms with Crippen molar-refractivity contribution in [3.05, 3.63) is 47.8 Å². The molecule has 0 amide bonds. The van der Waals surface area contributed by atoms with Crippen LogP contribution in [0.1, 0.15) is 31.3 Å². The largest absolute Gasteiger partial charge is 0.357 e. The van der Waals surface area contributed by atoms with Gasteiger partial charge in [0.2, 0.25) is 0 Å². The van der Waals surface area contributed by atoms with Crippen LogP contribution >= 0.6 is 0 Å². The van der Waals surface area contributed by atoms with Crippen molar-refractivity contribution in [3.63, 3.8) is 0 Å². The summed E-state index contributed by atoms with van der Waals surface area (Å²) in [6, 6.07) is 6.70. The highest BCUT2D eigenvalue weighted by Gasteiger charge is 2.14. The van der Waals surface area contributed by atoms with Crippen LogP contribution in [0.15, 0.2) is 35.6 Å². The number of hydrogen-bond acceptors (Lipinski definition) is 4. The van der Waals surface area contributed by atoms with Crippen LogP contribution in [0, 0.1) is 5.82 Å². The summed E-state index contributed by atoms with van der Waals surface area (Å²) in [5.74, 6) is 1.48. The van der Waals surface area contributed by atoms with Gasteiger partial charge in [0, 0.05) is 26.1 Å². The normalized spacial score (nSPS) is 13.0. The molecule has 0 spiro atoms. The molecule has 1 aromatic carbocycles. The second-order valence-electron chi connectivity index (χ2n) is 6.47. The Bertz CT molecular complexity index is 726. The van der Waals surface area contributed by atoms with Gasteiger partial charge in [-0.05, 0) is 38.7 Å². The van der Waals surface area contributed by atoms with Crippen molar-refractivity contribution >= 4 is 5.96 Å². The standard InChI is InChI=1S/C19H30FN7/c1-5-18-25-24-14-27(18)11-10-22-19(21-6-2)23-13-17(26(3)4)15-8-7-9-16(20)12-15/h7-9,12,14,17H,5-6,10-11,13H2,1-4H3,(H2,21,22,23). The first-order valence-corrected chi connectivity index (χ1v) is 9.35. The monoisotopic (exact) mass is 375 g/mol. The maximum Gasteiger partial charge on any atom is 0.191 e. The predicted octanol–water partition coefficient (Wildman–Crippen LogP) is 1.84. The van der Waals surface area contributed by atoms with Gasteiger partial charge >= 0.3 is 0 Å². The molecule has 2 aromatic rings. The third-order valence-corrected chi connectivity index (χ3v) is 4.28. The van der Waals surface area contributed by atoms with Crippen LogP contribution in [0.25, 0.3) is 0 Å². The molecule has 0 aliphatic heterocycles. The number of nitrogens with one attached hydrogen (secondary N) is 2. The van der Waals surface area contributed by atoms with Gasteiger partial charge in [-0.2, -0.15) is 0 Å². The Morgan fingerprint density at radius 3 is 2.78 bits per heavy atom. The molecule has 0 radical (unpaired) electrons. The quantitative estimate of drug-likeness (QED) is 0.517. The zero-order valence-electron chi connectivity index (χ0n) is 16.6. The van der Waals surface area contributed by atoms with E-state index in [1.165, 1.54) is 6.07 Å². The minimum absolute atomic E-state index is 0.000647. The number of halogens is 1. The fourth-order valence-electron chi connectivity index (χ4n) is 2.83. The van der Waals surface area contributed by atoms with Crippen LogP contribution in [0.2, 0.25) is 0 Å². The first kappa shape index (κ1) is 20.8. The molecule has 148 valence electrons. The summed E-state index contributed by atoms with van der Waals surface area (Å²) in [5.41, 5.74) is 0.914. The minimum Gasteiger partial charge on any atom is -0.357 e. The summed E-state index contributed by atoms with van der Waals surface area (Å²) < 4.78 is 15.6. The zero-order chi connectivity index (χ0) is 19.6. The number of benzene rings is 1. The second-order valence-corrected chi connectivity index (χ2v) is 6.47. The highest BCUT2D eigenvalue weighted by atomic mass is 19.1. The maximum atomic E-state index is 13.6. The highest BCUT2D eigenvalue weighted by molar-refractivity contribution is 5.79. The lowest BCUT2D eigenvalue weighted by molar-refractivity contribution is 0.305. The van der Waals surface area contributed by atoms with Gasteiger partial charge in [0.15, 0.2) is 5.96 Å². The molecule has 1 atom stereocenters. The molecule has 1 heterocycles. The van der Waals surface area contributed by atoms with E-state index in [0.717, 1.165) is 36.9 Å². The fraction of sp³-hybridized carbons (Fsp3) is 0.526. The zero-order valence-corrected chi connectivity index (χ0v) is 16.6. The molecular weight excluding hydrogens is 345 g/mol. The van der Waals surface area contributed by atoms with Gasteiger partial charge < -0.3 is 20.1 Å². The summed E-state index contributed by atoms with van der Waals surface area (Å²) in [7, 11) is 3.95. The molecule has 7 nitrogen and oxygen atoms in total. The average molecular weight is 375 g/mol. The first-order chi connectivity index (χ1) is 13.0. The molecule has 0 saturated heterocycles. The van der Waals surface area contributed by atoms with Gasteiger partial charge in [-0.25, -0.2) is 4.39 Å². The van der Waals surface area contributed by atoms with E-state index in [9.17, 15) is 4.39 Å². The average Bonchev–Trinajstić information content (AvgIpc) is 3.09. The Hall–Kier alpha value is -2.48. The third kappa shape index (κ3) is 6.32. The molecule has 0 bridgehead atoms. The SMILES string of the molecule is CCNC(=NCC(c1cccc(F)c1)N(C)C)NCCn1cnnc1CC. The molecule has 2 rings (SSSR count). The number of hydrogen-bond donors (Lipinski definition) is 2. The topological polar surface area (TPSA) is 70.4 Å². The van der Waals surface area contributed by atoms with Gasteiger partial charge in [-0.3, -0.25) is 4.99 Å². The molecule has 0 aliphatic carbocycles. The Balaban J connectivity index is 1.99. The van der Waals surface area contributed by atoms with Crippen molar-refractivity contribution in [2.24, 2.45) is 4.99 Å². The molecule has 1 unspecified atom stereocenters. The van der Waals surface area contributed by atoms with Crippen molar-refractivity contribution in [2.45, 2.75) is 32.9 Å². The van der Waals surface area contributed by atoms with Gasteiger partial charge in [-0.1, -0.05) is 19.1 Å². The molecule has 1 aromatic heterocycles. The summed E-state index contributed by atoms with van der Waals surface area (Å²) in [5, 5.41) is 14.6. The van der Waals surface area contributed by atoms with E-state index in [2.05, 4.69) is 27.8 Å². The molecular formula is C19H30FN7. The lowest BCUT2D eigenvalue weighted by atomic mass is 10.1. The summed E-state index contributed by atoms with van der Waals surface area (Å²) in [6.07, 6.45) is 2.60. The lowest BCUT2D eigenvalue weighted by Gasteiger charge is -2.24. The summed E-state index contributed by atoms with van der Waals surface area (Å²) in [6.45, 7) is 6.87. The molecule has 8 heteroatoms. The van der Waals surface area contributed by atoms with Crippen LogP contribution in [-0.4, -0.2) is 59.4 Å². The van der Waals surface area contributed by atoms with Crippen molar-refractivity contribution in [3.8, 4) is 0 Å². The minimum atomic E-state index is -0.228. The van der Waals surface area contributed by atoms with Gasteiger partial charge in [-0.15, -0.1) is 10.2 Å². The van der Waals surface area contributed by atoms with Crippen molar-refractivity contribution in [1.29, 1.82) is 0 Å². The third-order valence-electron chi connectivity index (χ3n) is 4.28. The van der Waals surface area contributed by atoms with E-state index in [1.54, 1.807) is 18.5 Å².